The molecule has 2 spiro atoms. The number of hydrogen-bond acceptors (Lipinski definition) is 3. The molecule has 0 aromatic heterocycles. The molecule has 3 aliphatic heterocycles. The van der Waals surface area contributed by atoms with Crippen LogP contribution >= 0.6 is 23.5 Å². The van der Waals surface area contributed by atoms with Crippen LogP contribution in [0.2, 0.25) is 0 Å². The van der Waals surface area contributed by atoms with E-state index in [0.717, 1.165) is 6.42 Å². The van der Waals surface area contributed by atoms with E-state index in [1.807, 2.05) is 6.08 Å². The van der Waals surface area contributed by atoms with Crippen LogP contribution in [0, 0.1) is 11.8 Å². The van der Waals surface area contributed by atoms with Gasteiger partial charge in [0.1, 0.15) is 0 Å². The Morgan fingerprint density at radius 3 is 2.86 bits per heavy atom. The maximum atomic E-state index is 13.0. The van der Waals surface area contributed by atoms with Gasteiger partial charge in [-0.15, -0.1) is 30.1 Å². The van der Waals surface area contributed by atoms with E-state index in [9.17, 15) is 4.79 Å². The number of carbonyl (C=O) groups is 1. The van der Waals surface area contributed by atoms with Gasteiger partial charge in [0.2, 0.25) is 5.91 Å². The number of amides is 1. The van der Waals surface area contributed by atoms with E-state index >= 15 is 0 Å². The number of hydrogen-bond donors (Lipinski definition) is 0. The Labute approximate surface area is 142 Å². The Hall–Kier alpha value is -0.0900. The number of piperidine rings is 1. The smallest absolute Gasteiger partial charge is 0.226 e. The molecule has 4 fully saturated rings. The number of nitrogens with zero attached hydrogens (tertiary/aromatic N) is 1. The molecule has 0 N–H and O–H groups in total. The topological polar surface area (TPSA) is 20.3 Å². The Balaban J connectivity index is 1.75. The summed E-state index contributed by atoms with van der Waals surface area (Å²) in [6.45, 7) is 6.17. The standard InChI is InChI=1S/C18H27NOS2/c1-3-6-14-11-18(21-9-5-10-22-18)12-17-8-4-7-15(17)13(2)16(20)19(14)17/h3,13-15H,1,4-12H2,2H3/t13-,14+,15+,17+/m1/s1. The van der Waals surface area contributed by atoms with Gasteiger partial charge in [-0.1, -0.05) is 19.4 Å². The highest BCUT2D eigenvalue weighted by molar-refractivity contribution is 8.18. The normalized spacial score (nSPS) is 43.2. The van der Waals surface area contributed by atoms with Crippen molar-refractivity contribution in [1.29, 1.82) is 0 Å². The van der Waals surface area contributed by atoms with E-state index in [1.54, 1.807) is 0 Å². The summed E-state index contributed by atoms with van der Waals surface area (Å²) in [5.41, 5.74) is 0.180. The molecule has 3 saturated heterocycles. The van der Waals surface area contributed by atoms with E-state index in [0.29, 0.717) is 21.9 Å². The van der Waals surface area contributed by atoms with Crippen LogP contribution in [0.25, 0.3) is 0 Å². The fourth-order valence-electron chi connectivity index (χ4n) is 5.76. The Morgan fingerprint density at radius 2 is 2.14 bits per heavy atom. The van der Waals surface area contributed by atoms with Gasteiger partial charge in [0.05, 0.1) is 4.08 Å². The van der Waals surface area contributed by atoms with Gasteiger partial charge < -0.3 is 4.90 Å². The zero-order valence-corrected chi connectivity index (χ0v) is 15.2. The quantitative estimate of drug-likeness (QED) is 0.700. The van der Waals surface area contributed by atoms with Crippen LogP contribution in [0.1, 0.15) is 51.9 Å². The zero-order chi connectivity index (χ0) is 15.4. The molecule has 4 aliphatic rings. The summed E-state index contributed by atoms with van der Waals surface area (Å²) in [4.78, 5) is 15.4. The van der Waals surface area contributed by atoms with Crippen molar-refractivity contribution in [1.82, 2.24) is 4.90 Å². The largest absolute Gasteiger partial charge is 0.333 e. The monoisotopic (exact) mass is 337 g/mol. The first-order valence-electron chi connectivity index (χ1n) is 8.84. The number of carbonyl (C=O) groups excluding carboxylic acids is 1. The molecular formula is C18H27NOS2. The first-order valence-corrected chi connectivity index (χ1v) is 10.8. The van der Waals surface area contributed by atoms with Gasteiger partial charge in [0.15, 0.2) is 0 Å². The fraction of sp³-hybridized carbons (Fsp3) is 0.833. The van der Waals surface area contributed by atoms with Crippen LogP contribution in [0.15, 0.2) is 12.7 Å². The van der Waals surface area contributed by atoms with Crippen LogP contribution in [-0.4, -0.2) is 38.0 Å². The van der Waals surface area contributed by atoms with E-state index in [-0.39, 0.29) is 11.5 Å². The molecule has 22 heavy (non-hydrogen) atoms. The van der Waals surface area contributed by atoms with Gasteiger partial charge >= 0.3 is 0 Å². The molecule has 4 heteroatoms. The SMILES string of the molecule is C=CC[C@H]1CC2(C[C@@]34CCC[C@H]3[C@@H](C)C(=O)N14)SCCCS2. The van der Waals surface area contributed by atoms with Crippen molar-refractivity contribution in [3.8, 4) is 0 Å². The molecule has 0 radical (unpaired) electrons. The van der Waals surface area contributed by atoms with Gasteiger partial charge in [-0.2, -0.15) is 0 Å². The second-order valence-corrected chi connectivity index (χ2v) is 10.8. The van der Waals surface area contributed by atoms with Crippen molar-refractivity contribution in [3.63, 3.8) is 0 Å². The molecule has 1 saturated carbocycles. The molecular weight excluding hydrogens is 310 g/mol. The van der Waals surface area contributed by atoms with Crippen molar-refractivity contribution in [2.45, 2.75) is 67.5 Å². The fourth-order valence-corrected chi connectivity index (χ4v) is 9.42. The zero-order valence-electron chi connectivity index (χ0n) is 13.6. The third-order valence-electron chi connectivity index (χ3n) is 6.47. The van der Waals surface area contributed by atoms with Crippen LogP contribution < -0.4 is 0 Å². The van der Waals surface area contributed by atoms with Crippen molar-refractivity contribution < 1.29 is 4.79 Å². The average molecular weight is 338 g/mol. The lowest BCUT2D eigenvalue weighted by Crippen LogP contribution is -2.61. The highest BCUT2D eigenvalue weighted by atomic mass is 32.2. The second kappa shape index (κ2) is 5.47. The second-order valence-electron chi connectivity index (χ2n) is 7.62. The van der Waals surface area contributed by atoms with E-state index in [4.69, 9.17) is 0 Å². The number of rotatable bonds is 2. The molecule has 3 heterocycles. The molecule has 4 atom stereocenters. The van der Waals surface area contributed by atoms with Gasteiger partial charge in [-0.25, -0.2) is 0 Å². The third kappa shape index (κ3) is 2.05. The van der Waals surface area contributed by atoms with Crippen LogP contribution in [0.5, 0.6) is 0 Å². The summed E-state index contributed by atoms with van der Waals surface area (Å²) < 4.78 is 0.370. The predicted molar refractivity (Wildman–Crippen MR) is 96.2 cm³/mol. The molecule has 1 amide bonds. The van der Waals surface area contributed by atoms with Crippen molar-refractivity contribution >= 4 is 29.4 Å². The first kappa shape index (κ1) is 15.4. The van der Waals surface area contributed by atoms with Crippen LogP contribution in [0.3, 0.4) is 0 Å². The molecule has 122 valence electrons. The highest BCUT2D eigenvalue weighted by Gasteiger charge is 2.65. The summed E-state index contributed by atoms with van der Waals surface area (Å²) >= 11 is 4.40. The molecule has 0 unspecified atom stereocenters. The molecule has 0 bridgehead atoms. The van der Waals surface area contributed by atoms with E-state index in [2.05, 4.69) is 41.9 Å². The lowest BCUT2D eigenvalue weighted by molar-refractivity contribution is -0.138. The van der Waals surface area contributed by atoms with Gasteiger partial charge in [-0.3, -0.25) is 4.79 Å². The minimum Gasteiger partial charge on any atom is -0.333 e. The average Bonchev–Trinajstić information content (AvgIpc) is 2.97. The summed E-state index contributed by atoms with van der Waals surface area (Å²) in [6.07, 6.45) is 10.6. The molecule has 4 rings (SSSR count). The first-order chi connectivity index (χ1) is 10.6. The maximum absolute atomic E-state index is 13.0. The van der Waals surface area contributed by atoms with Gasteiger partial charge in [0, 0.05) is 17.5 Å². The van der Waals surface area contributed by atoms with Crippen molar-refractivity contribution in [3.05, 3.63) is 12.7 Å². The summed E-state index contributed by atoms with van der Waals surface area (Å²) in [6, 6.07) is 0.391. The van der Waals surface area contributed by atoms with Crippen LogP contribution in [0.4, 0.5) is 0 Å². The molecule has 1 aliphatic carbocycles. The van der Waals surface area contributed by atoms with Crippen LogP contribution in [-0.2, 0) is 4.79 Å². The molecule has 2 nitrogen and oxygen atoms in total. The highest BCUT2D eigenvalue weighted by Crippen LogP contribution is 2.63. The minimum absolute atomic E-state index is 0.180. The molecule has 0 aromatic carbocycles. The van der Waals surface area contributed by atoms with E-state index < -0.39 is 0 Å². The minimum atomic E-state index is 0.180. The van der Waals surface area contributed by atoms with Gasteiger partial charge in [-0.05, 0) is 55.9 Å². The Morgan fingerprint density at radius 1 is 1.36 bits per heavy atom. The lowest BCUT2D eigenvalue weighted by Gasteiger charge is -2.56. The molecule has 0 aromatic rings. The van der Waals surface area contributed by atoms with Gasteiger partial charge in [0.25, 0.3) is 0 Å². The summed E-state index contributed by atoms with van der Waals surface area (Å²) in [5, 5.41) is 0. The van der Waals surface area contributed by atoms with Crippen molar-refractivity contribution in [2.24, 2.45) is 11.8 Å². The van der Waals surface area contributed by atoms with E-state index in [1.165, 1.54) is 50.0 Å². The summed E-state index contributed by atoms with van der Waals surface area (Å²) in [5.74, 6) is 3.89. The maximum Gasteiger partial charge on any atom is 0.226 e. The van der Waals surface area contributed by atoms with Crippen molar-refractivity contribution in [2.75, 3.05) is 11.5 Å². The summed E-state index contributed by atoms with van der Waals surface area (Å²) in [7, 11) is 0. The third-order valence-corrected chi connectivity index (χ3v) is 9.84. The Bertz CT molecular complexity index is 487. The lowest BCUT2D eigenvalue weighted by atomic mass is 9.76. The predicted octanol–water partition coefficient (Wildman–Crippen LogP) is 4.31. The number of thioether (sulfide) groups is 2. The Kier molecular flexibility index (Phi) is 3.84.